The molecule has 7 heteroatoms. The summed E-state index contributed by atoms with van der Waals surface area (Å²) >= 11 is 1.10. The number of H-pyrrole nitrogens is 1. The van der Waals surface area contributed by atoms with Gasteiger partial charge in [-0.15, -0.1) is 5.10 Å². The van der Waals surface area contributed by atoms with Crippen molar-refractivity contribution in [2.45, 2.75) is 27.2 Å². The summed E-state index contributed by atoms with van der Waals surface area (Å²) in [5.41, 5.74) is 2.60. The largest absolute Gasteiger partial charge is 0.304 e. The Morgan fingerprint density at radius 3 is 2.82 bits per heavy atom. The van der Waals surface area contributed by atoms with Gasteiger partial charge < -0.3 is 5.32 Å². The van der Waals surface area contributed by atoms with Gasteiger partial charge in [0.15, 0.2) is 5.82 Å². The van der Waals surface area contributed by atoms with Crippen molar-refractivity contribution in [1.29, 1.82) is 0 Å². The van der Waals surface area contributed by atoms with Crippen LogP contribution in [-0.2, 0) is 6.42 Å². The second-order valence-corrected chi connectivity index (χ2v) is 4.43. The number of aromatic nitrogens is 4. The summed E-state index contributed by atoms with van der Waals surface area (Å²) in [5, 5.41) is 13.5. The Labute approximate surface area is 103 Å². The highest BCUT2D eigenvalue weighted by atomic mass is 32.1. The summed E-state index contributed by atoms with van der Waals surface area (Å²) in [6, 6.07) is 0. The third-order valence-corrected chi connectivity index (χ3v) is 3.35. The third-order valence-electron chi connectivity index (χ3n) is 2.58. The molecule has 2 rings (SSSR count). The van der Waals surface area contributed by atoms with Crippen LogP contribution in [-0.4, -0.2) is 25.7 Å². The van der Waals surface area contributed by atoms with Gasteiger partial charge in [0.05, 0.1) is 5.69 Å². The molecule has 0 spiro atoms. The van der Waals surface area contributed by atoms with E-state index in [1.54, 1.807) is 0 Å². The zero-order chi connectivity index (χ0) is 12.4. The number of aryl methyl sites for hydroxylation is 2. The van der Waals surface area contributed by atoms with Crippen LogP contribution in [0.15, 0.2) is 0 Å². The van der Waals surface area contributed by atoms with E-state index in [2.05, 4.69) is 25.1 Å². The number of amides is 1. The zero-order valence-electron chi connectivity index (χ0n) is 9.87. The van der Waals surface area contributed by atoms with Crippen LogP contribution in [0.4, 0.5) is 5.82 Å². The van der Waals surface area contributed by atoms with E-state index in [1.165, 1.54) is 0 Å². The summed E-state index contributed by atoms with van der Waals surface area (Å²) in [5.74, 6) is 0.356. The average molecular weight is 251 g/mol. The first-order valence-corrected chi connectivity index (χ1v) is 6.05. The number of carbonyl (C=O) groups excluding carboxylic acids is 1. The van der Waals surface area contributed by atoms with Crippen molar-refractivity contribution in [3.63, 3.8) is 0 Å². The molecule has 1 amide bonds. The van der Waals surface area contributed by atoms with Gasteiger partial charge in [0.2, 0.25) is 0 Å². The maximum atomic E-state index is 12.0. The maximum absolute atomic E-state index is 12.0. The summed E-state index contributed by atoms with van der Waals surface area (Å²) in [6.45, 7) is 5.75. The van der Waals surface area contributed by atoms with Gasteiger partial charge in [-0.05, 0) is 31.8 Å². The van der Waals surface area contributed by atoms with E-state index in [0.29, 0.717) is 17.1 Å². The predicted molar refractivity (Wildman–Crippen MR) is 65.3 cm³/mol. The zero-order valence-corrected chi connectivity index (χ0v) is 10.7. The molecule has 2 heterocycles. The molecule has 0 aliphatic carbocycles. The molecule has 0 unspecified atom stereocenters. The number of nitrogens with zero attached hydrogens (tertiary/aromatic N) is 3. The van der Waals surface area contributed by atoms with Crippen LogP contribution < -0.4 is 5.32 Å². The van der Waals surface area contributed by atoms with Gasteiger partial charge in [0.25, 0.3) is 5.91 Å². The Balaban J connectivity index is 2.20. The molecule has 17 heavy (non-hydrogen) atoms. The Hall–Kier alpha value is -1.76. The van der Waals surface area contributed by atoms with E-state index in [9.17, 15) is 4.79 Å². The number of carbonyl (C=O) groups is 1. The van der Waals surface area contributed by atoms with E-state index >= 15 is 0 Å². The van der Waals surface area contributed by atoms with Crippen molar-refractivity contribution in [3.05, 3.63) is 21.8 Å². The second kappa shape index (κ2) is 4.62. The SMILES string of the molecule is CCc1nnsc1C(=O)Nc1n[nH]c(C)c1C. The lowest BCUT2D eigenvalue weighted by Gasteiger charge is -2.01. The molecule has 6 nitrogen and oxygen atoms in total. The van der Waals surface area contributed by atoms with Crippen LogP contribution >= 0.6 is 11.5 Å². The van der Waals surface area contributed by atoms with Gasteiger partial charge >= 0.3 is 0 Å². The second-order valence-electron chi connectivity index (χ2n) is 3.68. The smallest absolute Gasteiger partial charge is 0.270 e. The lowest BCUT2D eigenvalue weighted by molar-refractivity contribution is 0.102. The molecule has 0 aliphatic rings. The molecule has 0 bridgehead atoms. The number of rotatable bonds is 3. The molecular formula is C10H13N5OS. The third kappa shape index (κ3) is 2.19. The van der Waals surface area contributed by atoms with Crippen molar-refractivity contribution in [3.8, 4) is 0 Å². The van der Waals surface area contributed by atoms with E-state index in [4.69, 9.17) is 0 Å². The lowest BCUT2D eigenvalue weighted by atomic mass is 10.2. The lowest BCUT2D eigenvalue weighted by Crippen LogP contribution is -2.13. The fraction of sp³-hybridized carbons (Fsp3) is 0.400. The molecule has 0 aromatic carbocycles. The van der Waals surface area contributed by atoms with Crippen LogP contribution in [0.1, 0.15) is 33.5 Å². The fourth-order valence-corrected chi connectivity index (χ4v) is 2.03. The van der Waals surface area contributed by atoms with Crippen molar-refractivity contribution in [2.24, 2.45) is 0 Å². The van der Waals surface area contributed by atoms with Crippen molar-refractivity contribution in [1.82, 2.24) is 19.8 Å². The molecule has 0 atom stereocenters. The molecule has 0 fully saturated rings. The average Bonchev–Trinajstić information content (AvgIpc) is 2.90. The van der Waals surface area contributed by atoms with Crippen LogP contribution in [0, 0.1) is 13.8 Å². The summed E-state index contributed by atoms with van der Waals surface area (Å²) < 4.78 is 3.79. The minimum atomic E-state index is -0.202. The van der Waals surface area contributed by atoms with E-state index in [0.717, 1.165) is 28.5 Å². The highest BCUT2D eigenvalue weighted by Crippen LogP contribution is 2.17. The van der Waals surface area contributed by atoms with E-state index in [-0.39, 0.29) is 5.91 Å². The van der Waals surface area contributed by atoms with Crippen molar-refractivity contribution >= 4 is 23.3 Å². The summed E-state index contributed by atoms with van der Waals surface area (Å²) in [4.78, 5) is 12.5. The van der Waals surface area contributed by atoms with Gasteiger partial charge in [-0.2, -0.15) is 5.10 Å². The topological polar surface area (TPSA) is 83.6 Å². The first-order valence-electron chi connectivity index (χ1n) is 5.27. The maximum Gasteiger partial charge on any atom is 0.270 e. The molecule has 0 aliphatic heterocycles. The number of hydrogen-bond acceptors (Lipinski definition) is 5. The molecule has 2 aromatic heterocycles. The van der Waals surface area contributed by atoms with Crippen LogP contribution in [0.5, 0.6) is 0 Å². The van der Waals surface area contributed by atoms with Gasteiger partial charge in [-0.1, -0.05) is 11.4 Å². The molecule has 2 N–H and O–H groups in total. The van der Waals surface area contributed by atoms with Crippen LogP contribution in [0.25, 0.3) is 0 Å². The molecule has 0 radical (unpaired) electrons. The highest BCUT2D eigenvalue weighted by molar-refractivity contribution is 7.08. The standard InChI is InChI=1S/C10H13N5OS/c1-4-7-8(17-15-13-7)10(16)11-9-5(2)6(3)12-14-9/h4H2,1-3H3,(H2,11,12,14,16). The van der Waals surface area contributed by atoms with E-state index < -0.39 is 0 Å². The van der Waals surface area contributed by atoms with Crippen molar-refractivity contribution < 1.29 is 4.79 Å². The van der Waals surface area contributed by atoms with Crippen LogP contribution in [0.2, 0.25) is 0 Å². The van der Waals surface area contributed by atoms with Crippen LogP contribution in [0.3, 0.4) is 0 Å². The Morgan fingerprint density at radius 2 is 2.24 bits per heavy atom. The first kappa shape index (κ1) is 11.7. The molecule has 0 saturated heterocycles. The number of nitrogens with one attached hydrogen (secondary N) is 2. The minimum absolute atomic E-state index is 0.202. The molecule has 2 aromatic rings. The number of hydrogen-bond donors (Lipinski definition) is 2. The molecule has 90 valence electrons. The first-order chi connectivity index (χ1) is 8.13. The summed E-state index contributed by atoms with van der Waals surface area (Å²) in [6.07, 6.45) is 0.692. The van der Waals surface area contributed by atoms with Gasteiger partial charge in [-0.25, -0.2) is 0 Å². The Kier molecular flexibility index (Phi) is 3.19. The monoisotopic (exact) mass is 251 g/mol. The fourth-order valence-electron chi connectivity index (χ4n) is 1.38. The van der Waals surface area contributed by atoms with Gasteiger partial charge in [0.1, 0.15) is 4.88 Å². The normalized spacial score (nSPS) is 10.5. The van der Waals surface area contributed by atoms with Crippen molar-refractivity contribution in [2.75, 3.05) is 5.32 Å². The predicted octanol–water partition coefficient (Wildman–Crippen LogP) is 1.69. The quantitative estimate of drug-likeness (QED) is 0.869. The number of aromatic amines is 1. The molecule has 0 saturated carbocycles. The van der Waals surface area contributed by atoms with Gasteiger partial charge in [-0.3, -0.25) is 9.89 Å². The highest BCUT2D eigenvalue weighted by Gasteiger charge is 2.17. The molecular weight excluding hydrogens is 238 g/mol. The van der Waals surface area contributed by atoms with E-state index in [1.807, 2.05) is 20.8 Å². The minimum Gasteiger partial charge on any atom is -0.304 e. The Morgan fingerprint density at radius 1 is 1.47 bits per heavy atom. The summed E-state index contributed by atoms with van der Waals surface area (Å²) in [7, 11) is 0. The van der Waals surface area contributed by atoms with Gasteiger partial charge in [0, 0.05) is 11.3 Å². The number of anilines is 1. The Bertz CT molecular complexity index is 545.